The third-order valence-electron chi connectivity index (χ3n) is 2.59. The molecule has 3 N–H and O–H groups in total. The molecule has 8 heteroatoms. The fourth-order valence-electron chi connectivity index (χ4n) is 1.56. The molecule has 0 aliphatic heterocycles. The summed E-state index contributed by atoms with van der Waals surface area (Å²) in [5.41, 5.74) is 2.32. The van der Waals surface area contributed by atoms with Crippen molar-refractivity contribution in [2.45, 2.75) is 6.54 Å². The van der Waals surface area contributed by atoms with Crippen LogP contribution in [0, 0.1) is 0 Å². The first-order chi connectivity index (χ1) is 10.0. The first-order valence-electron chi connectivity index (χ1n) is 5.77. The molecule has 0 radical (unpaired) electrons. The Morgan fingerprint density at radius 2 is 1.71 bits per heavy atom. The lowest BCUT2D eigenvalue weighted by Gasteiger charge is -2.05. The van der Waals surface area contributed by atoms with Crippen LogP contribution in [0.25, 0.3) is 0 Å². The summed E-state index contributed by atoms with van der Waals surface area (Å²) >= 11 is 12.7. The normalized spacial score (nSPS) is 10.2. The van der Waals surface area contributed by atoms with Gasteiger partial charge in [0.05, 0.1) is 19.8 Å². The van der Waals surface area contributed by atoms with Crippen molar-refractivity contribution < 1.29 is 14.8 Å². The summed E-state index contributed by atoms with van der Waals surface area (Å²) in [5.74, 6) is -0.966. The second-order valence-electron chi connectivity index (χ2n) is 4.04. The second kappa shape index (κ2) is 6.91. The average molecular weight is 345 g/mol. The van der Waals surface area contributed by atoms with Crippen LogP contribution in [0.4, 0.5) is 0 Å². The van der Waals surface area contributed by atoms with Crippen LogP contribution in [0.3, 0.4) is 0 Å². The van der Waals surface area contributed by atoms with Gasteiger partial charge in [0.2, 0.25) is 0 Å². The third kappa shape index (κ3) is 3.95. The molecule has 0 fully saturated rings. The summed E-state index contributed by atoms with van der Waals surface area (Å²) < 4.78 is 0. The number of thiophene rings is 1. The van der Waals surface area contributed by atoms with Gasteiger partial charge in [0, 0.05) is 6.54 Å². The summed E-state index contributed by atoms with van der Waals surface area (Å²) in [7, 11) is 0. The van der Waals surface area contributed by atoms with Gasteiger partial charge in [-0.1, -0.05) is 29.3 Å². The maximum atomic E-state index is 11.9. The Labute approximate surface area is 134 Å². The maximum absolute atomic E-state index is 11.9. The van der Waals surface area contributed by atoms with Crippen molar-refractivity contribution in [2.75, 3.05) is 0 Å². The maximum Gasteiger partial charge on any atom is 0.284 e. The van der Waals surface area contributed by atoms with Crippen LogP contribution in [0.2, 0.25) is 10.0 Å². The van der Waals surface area contributed by atoms with Crippen LogP contribution in [0.15, 0.2) is 30.3 Å². The Kier molecular flexibility index (Phi) is 5.19. The van der Waals surface area contributed by atoms with Crippen LogP contribution in [0.5, 0.6) is 0 Å². The molecule has 1 aromatic heterocycles. The first kappa shape index (κ1) is 15.8. The Morgan fingerprint density at radius 3 is 2.33 bits per heavy atom. The van der Waals surface area contributed by atoms with E-state index in [-0.39, 0.29) is 17.3 Å². The van der Waals surface area contributed by atoms with Gasteiger partial charge in [0.1, 0.15) is 0 Å². The van der Waals surface area contributed by atoms with Gasteiger partial charge in [-0.2, -0.15) is 0 Å². The molecule has 0 spiro atoms. The molecule has 0 unspecified atom stereocenters. The van der Waals surface area contributed by atoms with Gasteiger partial charge in [-0.3, -0.25) is 14.8 Å². The van der Waals surface area contributed by atoms with Crippen LogP contribution in [-0.4, -0.2) is 17.0 Å². The van der Waals surface area contributed by atoms with E-state index in [1.165, 1.54) is 17.6 Å². The van der Waals surface area contributed by atoms with Gasteiger partial charge in [0.25, 0.3) is 11.8 Å². The van der Waals surface area contributed by atoms with Gasteiger partial charge in [-0.05, 0) is 29.8 Å². The number of carbonyl (C=O) groups excluding carboxylic acids is 2. The van der Waals surface area contributed by atoms with E-state index in [9.17, 15) is 9.59 Å². The smallest absolute Gasteiger partial charge is 0.284 e. The molecular weight excluding hydrogens is 335 g/mol. The summed E-state index contributed by atoms with van der Waals surface area (Å²) in [5, 5.41) is 12.1. The number of carbonyl (C=O) groups is 2. The predicted octanol–water partition coefficient (Wildman–Crippen LogP) is 3.10. The Hall–Kier alpha value is -1.60. The Balaban J connectivity index is 1.99. The van der Waals surface area contributed by atoms with E-state index in [1.807, 2.05) is 0 Å². The van der Waals surface area contributed by atoms with Crippen molar-refractivity contribution in [3.8, 4) is 0 Å². The molecule has 0 saturated heterocycles. The van der Waals surface area contributed by atoms with Gasteiger partial charge < -0.3 is 5.32 Å². The van der Waals surface area contributed by atoms with Gasteiger partial charge in [0.15, 0.2) is 0 Å². The molecule has 2 aromatic rings. The Bertz CT molecular complexity index is 688. The average Bonchev–Trinajstić information content (AvgIpc) is 2.97. The first-order valence-corrected chi connectivity index (χ1v) is 7.35. The van der Waals surface area contributed by atoms with E-state index in [2.05, 4.69) is 5.32 Å². The van der Waals surface area contributed by atoms with Crippen LogP contribution in [-0.2, 0) is 6.54 Å². The number of hydroxylamine groups is 1. The van der Waals surface area contributed by atoms with Crippen molar-refractivity contribution >= 4 is 46.4 Å². The molecule has 1 heterocycles. The number of hydrogen-bond acceptors (Lipinski definition) is 4. The molecule has 0 bridgehead atoms. The number of rotatable bonds is 4. The van der Waals surface area contributed by atoms with Crippen LogP contribution < -0.4 is 10.8 Å². The minimum Gasteiger partial charge on any atom is -0.347 e. The summed E-state index contributed by atoms with van der Waals surface area (Å²) in [6, 6.07) is 8.06. The number of hydrogen-bond donors (Lipinski definition) is 3. The van der Waals surface area contributed by atoms with E-state index in [0.29, 0.717) is 14.9 Å². The van der Waals surface area contributed by atoms with Crippen molar-refractivity contribution in [2.24, 2.45) is 0 Å². The summed E-state index contributed by atoms with van der Waals surface area (Å²) in [6.07, 6.45) is 0. The Morgan fingerprint density at radius 1 is 1.05 bits per heavy atom. The fraction of sp³-hybridized carbons (Fsp3) is 0.0769. The van der Waals surface area contributed by atoms with E-state index in [4.69, 9.17) is 28.4 Å². The van der Waals surface area contributed by atoms with Crippen LogP contribution >= 0.6 is 34.5 Å². The number of amides is 2. The largest absolute Gasteiger partial charge is 0.347 e. The summed E-state index contributed by atoms with van der Waals surface area (Å²) in [4.78, 5) is 23.7. The second-order valence-corrected chi connectivity index (χ2v) is 5.93. The highest BCUT2D eigenvalue weighted by Gasteiger charge is 2.13. The highest BCUT2D eigenvalue weighted by molar-refractivity contribution is 7.15. The predicted molar refractivity (Wildman–Crippen MR) is 81.2 cm³/mol. The van der Waals surface area contributed by atoms with E-state index < -0.39 is 5.91 Å². The van der Waals surface area contributed by atoms with E-state index in [1.54, 1.807) is 18.2 Å². The van der Waals surface area contributed by atoms with E-state index in [0.717, 1.165) is 16.9 Å². The fourth-order valence-corrected chi connectivity index (χ4v) is 2.69. The zero-order valence-electron chi connectivity index (χ0n) is 10.5. The molecule has 0 aliphatic carbocycles. The minimum atomic E-state index is -0.650. The lowest BCUT2D eigenvalue weighted by atomic mass is 10.2. The number of benzene rings is 1. The lowest BCUT2D eigenvalue weighted by Crippen LogP contribution is -2.21. The SMILES string of the molecule is O=C(NO)c1ccc(C(=O)NCc2ccc(Cl)c(Cl)c2)s1. The molecule has 110 valence electrons. The molecule has 0 atom stereocenters. The topological polar surface area (TPSA) is 78.4 Å². The monoisotopic (exact) mass is 344 g/mol. The molecular formula is C13H10Cl2N2O3S. The molecule has 21 heavy (non-hydrogen) atoms. The number of nitrogens with one attached hydrogen (secondary N) is 2. The number of halogens is 2. The molecule has 5 nitrogen and oxygen atoms in total. The standard InChI is InChI=1S/C13H10Cl2N2O3S/c14-8-2-1-7(5-9(8)15)6-16-12(18)10-3-4-11(21-10)13(19)17-20/h1-5,20H,6H2,(H,16,18)(H,17,19). The highest BCUT2D eigenvalue weighted by atomic mass is 35.5. The van der Waals surface area contributed by atoms with Crippen molar-refractivity contribution in [3.05, 3.63) is 55.7 Å². The van der Waals surface area contributed by atoms with Crippen LogP contribution in [0.1, 0.15) is 24.9 Å². The molecule has 0 saturated carbocycles. The van der Waals surface area contributed by atoms with E-state index >= 15 is 0 Å². The van der Waals surface area contributed by atoms with Crippen molar-refractivity contribution in [1.29, 1.82) is 0 Å². The highest BCUT2D eigenvalue weighted by Crippen LogP contribution is 2.22. The van der Waals surface area contributed by atoms with Gasteiger partial charge in [-0.25, -0.2) is 5.48 Å². The summed E-state index contributed by atoms with van der Waals surface area (Å²) in [6.45, 7) is 0.287. The zero-order valence-corrected chi connectivity index (χ0v) is 12.9. The molecule has 2 amide bonds. The molecule has 2 rings (SSSR count). The van der Waals surface area contributed by atoms with Gasteiger partial charge >= 0.3 is 0 Å². The van der Waals surface area contributed by atoms with Crippen molar-refractivity contribution in [1.82, 2.24) is 10.8 Å². The molecule has 1 aromatic carbocycles. The van der Waals surface area contributed by atoms with Crippen molar-refractivity contribution in [3.63, 3.8) is 0 Å². The minimum absolute atomic E-state index is 0.247. The zero-order chi connectivity index (χ0) is 15.4. The third-order valence-corrected chi connectivity index (χ3v) is 4.41. The lowest BCUT2D eigenvalue weighted by molar-refractivity contribution is 0.0711. The molecule has 0 aliphatic rings. The van der Waals surface area contributed by atoms with Gasteiger partial charge in [-0.15, -0.1) is 11.3 Å². The quantitative estimate of drug-likeness (QED) is 0.589.